The molecule has 0 saturated carbocycles. The molecule has 0 saturated heterocycles. The van der Waals surface area contributed by atoms with Gasteiger partial charge in [-0.2, -0.15) is 0 Å². The number of Topliss-reactive ketones (excluding diaryl/α,β-unsaturated/α-hetero) is 1. The molecule has 0 atom stereocenters. The number of ketones is 1. The van der Waals surface area contributed by atoms with Gasteiger partial charge in [-0.05, 0) is 80.6 Å². The van der Waals surface area contributed by atoms with E-state index < -0.39 is 22.6 Å². The molecule has 27 heavy (non-hydrogen) atoms. The fraction of sp³-hybridized carbons (Fsp3) is 0.300. The molecule has 6 nitrogen and oxygen atoms in total. The van der Waals surface area contributed by atoms with E-state index in [0.29, 0.717) is 11.1 Å². The molecular weight excluding hydrogens is 366 g/mol. The Bertz CT molecular complexity index is 1040. The van der Waals surface area contributed by atoms with E-state index >= 15 is 0 Å². The third kappa shape index (κ3) is 4.43. The van der Waals surface area contributed by atoms with Crippen LogP contribution in [-0.4, -0.2) is 26.8 Å². The van der Waals surface area contributed by atoms with Crippen LogP contribution in [0, 0.1) is 34.6 Å². The Morgan fingerprint density at radius 2 is 1.52 bits per heavy atom. The Labute approximate surface area is 159 Å². The molecule has 2 N–H and O–H groups in total. The number of primary sulfonamides is 1. The second kappa shape index (κ2) is 7.62. The summed E-state index contributed by atoms with van der Waals surface area (Å²) < 4.78 is 28.1. The summed E-state index contributed by atoms with van der Waals surface area (Å²) in [6, 6.07) is 5.73. The van der Waals surface area contributed by atoms with Crippen molar-refractivity contribution < 1.29 is 22.7 Å². The summed E-state index contributed by atoms with van der Waals surface area (Å²) in [4.78, 5) is 24.7. The van der Waals surface area contributed by atoms with Gasteiger partial charge < -0.3 is 4.74 Å². The smallest absolute Gasteiger partial charge is 0.338 e. The van der Waals surface area contributed by atoms with Crippen molar-refractivity contribution in [3.8, 4) is 0 Å². The standard InChI is InChI=1S/C20H23NO5S/c1-11-6-7-16(27(21,24)25)9-17(11)20(23)26-10-19(22)18-8-12(2)13(3)14(4)15(18)5/h6-9H,10H2,1-5H3,(H2,21,24,25). The van der Waals surface area contributed by atoms with Gasteiger partial charge >= 0.3 is 5.97 Å². The van der Waals surface area contributed by atoms with Crippen LogP contribution in [0.2, 0.25) is 0 Å². The van der Waals surface area contributed by atoms with Crippen LogP contribution in [0.15, 0.2) is 29.2 Å². The van der Waals surface area contributed by atoms with Gasteiger partial charge in [0.05, 0.1) is 10.5 Å². The monoisotopic (exact) mass is 389 g/mol. The number of aryl methyl sites for hydroxylation is 2. The Kier molecular flexibility index (Phi) is 5.87. The first-order valence-electron chi connectivity index (χ1n) is 8.34. The largest absolute Gasteiger partial charge is 0.454 e. The fourth-order valence-corrected chi connectivity index (χ4v) is 3.33. The lowest BCUT2D eigenvalue weighted by Gasteiger charge is -2.14. The maximum Gasteiger partial charge on any atom is 0.338 e. The van der Waals surface area contributed by atoms with E-state index in [4.69, 9.17) is 9.88 Å². The number of carbonyl (C=O) groups is 2. The number of benzene rings is 2. The minimum atomic E-state index is -3.94. The number of carbonyl (C=O) groups excluding carboxylic acids is 2. The summed E-state index contributed by atoms with van der Waals surface area (Å²) in [5, 5.41) is 5.10. The molecule has 0 spiro atoms. The van der Waals surface area contributed by atoms with Crippen LogP contribution in [0.3, 0.4) is 0 Å². The highest BCUT2D eigenvalue weighted by molar-refractivity contribution is 7.89. The Morgan fingerprint density at radius 3 is 2.11 bits per heavy atom. The lowest BCUT2D eigenvalue weighted by Crippen LogP contribution is -2.18. The van der Waals surface area contributed by atoms with Crippen LogP contribution in [0.25, 0.3) is 0 Å². The third-order valence-corrected chi connectivity index (χ3v) is 5.78. The topological polar surface area (TPSA) is 104 Å². The minimum Gasteiger partial charge on any atom is -0.454 e. The average Bonchev–Trinajstić information content (AvgIpc) is 2.60. The van der Waals surface area contributed by atoms with E-state index in [1.807, 2.05) is 27.7 Å². The molecule has 2 aromatic rings. The highest BCUT2D eigenvalue weighted by atomic mass is 32.2. The summed E-state index contributed by atoms with van der Waals surface area (Å²) in [5.74, 6) is -1.09. The van der Waals surface area contributed by atoms with Crippen LogP contribution >= 0.6 is 0 Å². The van der Waals surface area contributed by atoms with E-state index in [1.54, 1.807) is 13.0 Å². The number of hydrogen-bond acceptors (Lipinski definition) is 5. The van der Waals surface area contributed by atoms with Gasteiger partial charge in [0.25, 0.3) is 0 Å². The first-order chi connectivity index (χ1) is 12.4. The van der Waals surface area contributed by atoms with Gasteiger partial charge in [0.15, 0.2) is 6.61 Å². The van der Waals surface area contributed by atoms with Crippen molar-refractivity contribution in [2.75, 3.05) is 6.61 Å². The van der Waals surface area contributed by atoms with E-state index in [-0.39, 0.29) is 16.2 Å². The highest BCUT2D eigenvalue weighted by Crippen LogP contribution is 2.22. The normalized spacial score (nSPS) is 11.3. The van der Waals surface area contributed by atoms with Crippen LogP contribution in [0.4, 0.5) is 0 Å². The molecule has 144 valence electrons. The predicted octanol–water partition coefficient (Wildman–Crippen LogP) is 2.92. The second-order valence-corrected chi connectivity index (χ2v) is 8.20. The number of rotatable bonds is 5. The van der Waals surface area contributed by atoms with Crippen molar-refractivity contribution in [2.45, 2.75) is 39.5 Å². The number of sulfonamides is 1. The van der Waals surface area contributed by atoms with E-state index in [9.17, 15) is 18.0 Å². The summed E-state index contributed by atoms with van der Waals surface area (Å²) in [6.07, 6.45) is 0. The molecule has 7 heteroatoms. The zero-order chi connectivity index (χ0) is 20.5. The SMILES string of the molecule is Cc1ccc(S(N)(=O)=O)cc1C(=O)OCC(=O)c1cc(C)c(C)c(C)c1C. The Morgan fingerprint density at radius 1 is 0.889 bits per heavy atom. The molecule has 0 fully saturated rings. The van der Waals surface area contributed by atoms with Gasteiger partial charge in [-0.15, -0.1) is 0 Å². The third-order valence-electron chi connectivity index (χ3n) is 4.87. The number of nitrogens with two attached hydrogens (primary N) is 1. The van der Waals surface area contributed by atoms with Crippen LogP contribution in [-0.2, 0) is 14.8 Å². The molecule has 0 aliphatic rings. The maximum absolute atomic E-state index is 12.5. The molecule has 2 rings (SSSR count). The van der Waals surface area contributed by atoms with Gasteiger partial charge in [0, 0.05) is 5.56 Å². The van der Waals surface area contributed by atoms with Gasteiger partial charge in [-0.1, -0.05) is 6.07 Å². The van der Waals surface area contributed by atoms with Crippen molar-refractivity contribution in [1.29, 1.82) is 0 Å². The van der Waals surface area contributed by atoms with Crippen molar-refractivity contribution in [1.82, 2.24) is 0 Å². The quantitative estimate of drug-likeness (QED) is 0.625. The molecular formula is C20H23NO5S. The summed E-state index contributed by atoms with van der Waals surface area (Å²) >= 11 is 0. The lowest BCUT2D eigenvalue weighted by atomic mass is 9.93. The lowest BCUT2D eigenvalue weighted by molar-refractivity contribution is 0.0473. The van der Waals surface area contributed by atoms with Crippen LogP contribution < -0.4 is 5.14 Å². The summed E-state index contributed by atoms with van der Waals surface area (Å²) in [5.41, 5.74) is 5.09. The van der Waals surface area contributed by atoms with E-state index in [2.05, 4.69) is 0 Å². The zero-order valence-corrected chi connectivity index (χ0v) is 16.9. The second-order valence-electron chi connectivity index (χ2n) is 6.64. The minimum absolute atomic E-state index is 0.0577. The van der Waals surface area contributed by atoms with Gasteiger partial charge in [0.2, 0.25) is 15.8 Å². The number of hydrogen-bond donors (Lipinski definition) is 1. The van der Waals surface area contributed by atoms with Crippen molar-refractivity contribution in [3.63, 3.8) is 0 Å². The van der Waals surface area contributed by atoms with Crippen LogP contribution in [0.1, 0.15) is 48.5 Å². The zero-order valence-electron chi connectivity index (χ0n) is 16.0. The molecule has 2 aromatic carbocycles. The Hall–Kier alpha value is -2.51. The molecule has 0 radical (unpaired) electrons. The molecule has 0 aliphatic heterocycles. The first-order valence-corrected chi connectivity index (χ1v) is 9.89. The van der Waals surface area contributed by atoms with Crippen molar-refractivity contribution >= 4 is 21.8 Å². The maximum atomic E-state index is 12.5. The summed E-state index contributed by atoms with van der Waals surface area (Å²) in [6.45, 7) is 8.93. The van der Waals surface area contributed by atoms with Gasteiger partial charge in [0.1, 0.15) is 0 Å². The average molecular weight is 389 g/mol. The number of esters is 1. The van der Waals surface area contributed by atoms with Crippen molar-refractivity contribution in [2.24, 2.45) is 5.14 Å². The molecule has 0 aromatic heterocycles. The summed E-state index contributed by atoms with van der Waals surface area (Å²) in [7, 11) is -3.94. The number of ether oxygens (including phenoxy) is 1. The van der Waals surface area contributed by atoms with Gasteiger partial charge in [-0.25, -0.2) is 18.4 Å². The van der Waals surface area contributed by atoms with Crippen LogP contribution in [0.5, 0.6) is 0 Å². The highest BCUT2D eigenvalue weighted by Gasteiger charge is 2.19. The fourth-order valence-electron chi connectivity index (χ4n) is 2.79. The molecule has 0 bridgehead atoms. The molecule has 0 unspecified atom stereocenters. The van der Waals surface area contributed by atoms with Crippen molar-refractivity contribution in [3.05, 3.63) is 63.2 Å². The van der Waals surface area contributed by atoms with E-state index in [1.165, 1.54) is 12.1 Å². The van der Waals surface area contributed by atoms with Gasteiger partial charge in [-0.3, -0.25) is 4.79 Å². The molecule has 0 heterocycles. The predicted molar refractivity (Wildman–Crippen MR) is 103 cm³/mol. The first kappa shape index (κ1) is 20.8. The molecule has 0 aliphatic carbocycles. The van der Waals surface area contributed by atoms with E-state index in [0.717, 1.165) is 28.3 Å². The molecule has 0 amide bonds. The Balaban J connectivity index is 2.23.